The van der Waals surface area contributed by atoms with Gasteiger partial charge >= 0.3 is 147 Å². The van der Waals surface area contributed by atoms with E-state index >= 15 is 0 Å². The van der Waals surface area contributed by atoms with Gasteiger partial charge in [0.05, 0.1) is 0 Å². The van der Waals surface area contributed by atoms with E-state index in [-0.39, 0.29) is 17.7 Å². The van der Waals surface area contributed by atoms with Crippen molar-refractivity contribution >= 4 is 13.0 Å². The van der Waals surface area contributed by atoms with Gasteiger partial charge in [0.1, 0.15) is 0 Å². The molecular weight excluding hydrogens is 352 g/mol. The predicted molar refractivity (Wildman–Crippen MR) is 86.1 cm³/mol. The minimum atomic E-state index is -4.70. The van der Waals surface area contributed by atoms with E-state index in [0.717, 1.165) is 6.42 Å². The number of carbonyl (C=O) groups is 1. The van der Waals surface area contributed by atoms with Gasteiger partial charge in [-0.1, -0.05) is 0 Å². The van der Waals surface area contributed by atoms with Crippen LogP contribution in [0.4, 0.5) is 13.2 Å². The van der Waals surface area contributed by atoms with Crippen LogP contribution in [0.2, 0.25) is 0 Å². The van der Waals surface area contributed by atoms with Crippen molar-refractivity contribution in [3.63, 3.8) is 0 Å². The maximum atomic E-state index is 12.5. The van der Waals surface area contributed by atoms with Gasteiger partial charge in [-0.15, -0.1) is 0 Å². The third kappa shape index (κ3) is 5.40. The van der Waals surface area contributed by atoms with Crippen molar-refractivity contribution in [1.82, 2.24) is 15.5 Å². The third-order valence-corrected chi connectivity index (χ3v) is 3.09. The zero-order chi connectivity index (χ0) is 19.2. The van der Waals surface area contributed by atoms with Crippen LogP contribution in [0.15, 0.2) is 33.8 Å². The summed E-state index contributed by atoms with van der Waals surface area (Å²) in [4.78, 5) is 20.4. The molecule has 1 aromatic carbocycles. The van der Waals surface area contributed by atoms with Crippen LogP contribution < -0.4 is 5.32 Å². The molecule has 0 saturated carbocycles. The number of carbonyl (C=O) groups excluding carboxylic acids is 1. The van der Waals surface area contributed by atoms with E-state index in [2.05, 4.69) is 25.0 Å². The SMILES string of the molecule is CCCO/N=B/C(C)NC(=O)c1ccc(-c2noc(C(F)(F)F)n2)cc1. The Hall–Kier alpha value is -2.72. The van der Waals surface area contributed by atoms with E-state index in [1.54, 1.807) is 6.92 Å². The van der Waals surface area contributed by atoms with Gasteiger partial charge in [-0.05, 0) is 0 Å². The van der Waals surface area contributed by atoms with Gasteiger partial charge in [0.15, 0.2) is 0 Å². The number of alkyl halides is 3. The van der Waals surface area contributed by atoms with Crippen LogP contribution in [0.5, 0.6) is 0 Å². The average Bonchev–Trinajstić information content (AvgIpc) is 3.09. The predicted octanol–water partition coefficient (Wildman–Crippen LogP) is 3.06. The van der Waals surface area contributed by atoms with Crippen molar-refractivity contribution in [2.24, 2.45) is 5.06 Å². The van der Waals surface area contributed by atoms with E-state index in [1.165, 1.54) is 31.3 Å². The molecular formula is C15H16BF3N4O3. The van der Waals surface area contributed by atoms with E-state index in [4.69, 9.17) is 4.84 Å². The van der Waals surface area contributed by atoms with Gasteiger partial charge in [0.25, 0.3) is 0 Å². The van der Waals surface area contributed by atoms with Gasteiger partial charge in [-0.3, -0.25) is 0 Å². The molecule has 7 nitrogen and oxygen atoms in total. The fourth-order valence-corrected chi connectivity index (χ4v) is 1.83. The van der Waals surface area contributed by atoms with Crippen LogP contribution in [-0.2, 0) is 11.0 Å². The molecule has 0 bridgehead atoms. The van der Waals surface area contributed by atoms with E-state index in [9.17, 15) is 18.0 Å². The molecule has 0 radical (unpaired) electrons. The van der Waals surface area contributed by atoms with Crippen molar-refractivity contribution < 1.29 is 27.3 Å². The van der Waals surface area contributed by atoms with Crippen LogP contribution in [-0.4, -0.2) is 35.7 Å². The Labute approximate surface area is 147 Å². The molecule has 138 valence electrons. The van der Waals surface area contributed by atoms with Gasteiger partial charge in [-0.2, -0.15) is 0 Å². The Morgan fingerprint density at radius 1 is 1.38 bits per heavy atom. The number of nitrogens with one attached hydrogen (secondary N) is 1. The summed E-state index contributed by atoms with van der Waals surface area (Å²) >= 11 is 0. The van der Waals surface area contributed by atoms with Crippen molar-refractivity contribution in [1.29, 1.82) is 0 Å². The number of amides is 1. The summed E-state index contributed by atoms with van der Waals surface area (Å²) in [6.45, 7) is 4.16. The molecule has 0 spiro atoms. The van der Waals surface area contributed by atoms with Crippen LogP contribution in [0.1, 0.15) is 36.5 Å². The molecule has 2 rings (SSSR count). The number of rotatable bonds is 7. The summed E-state index contributed by atoms with van der Waals surface area (Å²) in [5, 5.41) is 9.70. The van der Waals surface area contributed by atoms with Crippen molar-refractivity contribution in [2.75, 3.05) is 6.61 Å². The zero-order valence-electron chi connectivity index (χ0n) is 14.1. The summed E-state index contributed by atoms with van der Waals surface area (Å²) in [5.41, 5.74) is 0.617. The van der Waals surface area contributed by atoms with Crippen LogP contribution in [0.3, 0.4) is 0 Å². The molecule has 1 aromatic heterocycles. The second-order valence-corrected chi connectivity index (χ2v) is 5.35. The molecule has 0 aliphatic rings. The molecule has 0 aliphatic heterocycles. The fourth-order valence-electron chi connectivity index (χ4n) is 1.83. The Kier molecular flexibility index (Phi) is 6.48. The average molecular weight is 368 g/mol. The number of nitrogens with zero attached hydrogens (tertiary/aromatic N) is 3. The van der Waals surface area contributed by atoms with E-state index < -0.39 is 12.1 Å². The Balaban J connectivity index is 1.99. The number of hydrogen-bond donors (Lipinski definition) is 1. The molecule has 11 heteroatoms. The Morgan fingerprint density at radius 2 is 2.08 bits per heavy atom. The van der Waals surface area contributed by atoms with Gasteiger partial charge in [-0.25, -0.2) is 0 Å². The first-order chi connectivity index (χ1) is 12.3. The monoisotopic (exact) mass is 368 g/mol. The molecule has 0 fully saturated rings. The first-order valence-electron chi connectivity index (χ1n) is 7.79. The summed E-state index contributed by atoms with van der Waals surface area (Å²) in [6.07, 6.45) is -3.88. The Morgan fingerprint density at radius 3 is 2.65 bits per heavy atom. The topological polar surface area (TPSA) is 89.6 Å². The van der Waals surface area contributed by atoms with Crippen LogP contribution in [0, 0.1) is 0 Å². The molecule has 1 unspecified atom stereocenters. The number of halogens is 3. The number of hydrogen-bond acceptors (Lipinski definition) is 6. The van der Waals surface area contributed by atoms with E-state index in [0.29, 0.717) is 17.7 Å². The molecule has 0 saturated heterocycles. The molecule has 1 heterocycles. The van der Waals surface area contributed by atoms with Crippen LogP contribution >= 0.6 is 0 Å². The summed E-state index contributed by atoms with van der Waals surface area (Å²) in [5.74, 6) is -2.36. The van der Waals surface area contributed by atoms with E-state index in [1.807, 2.05) is 6.92 Å². The summed E-state index contributed by atoms with van der Waals surface area (Å²) in [7, 11) is 1.46. The molecule has 26 heavy (non-hydrogen) atoms. The minimum absolute atomic E-state index is 0.210. The van der Waals surface area contributed by atoms with Crippen molar-refractivity contribution in [3.05, 3.63) is 35.7 Å². The second-order valence-electron chi connectivity index (χ2n) is 5.35. The normalized spacial score (nSPS) is 12.7. The Bertz CT molecular complexity index is 762. The molecule has 1 amide bonds. The number of aromatic nitrogens is 2. The molecule has 1 atom stereocenters. The van der Waals surface area contributed by atoms with Gasteiger partial charge in [0.2, 0.25) is 0 Å². The van der Waals surface area contributed by atoms with Gasteiger partial charge < -0.3 is 0 Å². The zero-order valence-corrected chi connectivity index (χ0v) is 14.1. The summed E-state index contributed by atoms with van der Waals surface area (Å²) in [6, 6.07) is 5.77. The van der Waals surface area contributed by atoms with Crippen molar-refractivity contribution in [2.45, 2.75) is 32.4 Å². The van der Waals surface area contributed by atoms with Crippen molar-refractivity contribution in [3.8, 4) is 11.4 Å². The first kappa shape index (κ1) is 19.6. The standard InChI is InChI=1S/C15H16BF3N4O3/c1-3-8-25-23-16-9(2)20-13(24)11-6-4-10(5-7-11)12-21-14(26-22-12)15(17,18)19/h4-7,9H,3,8H2,1-2H3,(H,20,24). The first-order valence-corrected chi connectivity index (χ1v) is 7.79. The summed E-state index contributed by atoms with van der Waals surface area (Å²) < 4.78 is 41.6. The quantitative estimate of drug-likeness (QED) is 0.461. The molecule has 2 aromatic rings. The fraction of sp³-hybridized carbons (Fsp3) is 0.400. The maximum absolute atomic E-state index is 12.5. The second kappa shape index (κ2) is 8.59. The molecule has 1 N–H and O–H groups in total. The third-order valence-electron chi connectivity index (χ3n) is 3.09. The van der Waals surface area contributed by atoms with Crippen LogP contribution in [0.25, 0.3) is 11.4 Å². The van der Waals surface area contributed by atoms with Gasteiger partial charge in [0, 0.05) is 0 Å². The number of benzene rings is 1. The molecule has 0 aliphatic carbocycles.